The van der Waals surface area contributed by atoms with Gasteiger partial charge in [0.1, 0.15) is 0 Å². The molecule has 0 saturated carbocycles. The van der Waals surface area contributed by atoms with E-state index in [2.05, 4.69) is 33.7 Å². The third kappa shape index (κ3) is 1.96. The van der Waals surface area contributed by atoms with E-state index in [9.17, 15) is 0 Å². The predicted molar refractivity (Wildman–Crippen MR) is 55.9 cm³/mol. The Morgan fingerprint density at radius 1 is 1.64 bits per heavy atom. The molecule has 2 rings (SSSR count). The fourth-order valence-corrected chi connectivity index (χ4v) is 1.86. The highest BCUT2D eigenvalue weighted by Crippen LogP contribution is 2.08. The average molecular weight is 194 g/mol. The summed E-state index contributed by atoms with van der Waals surface area (Å²) >= 11 is 0. The van der Waals surface area contributed by atoms with Gasteiger partial charge in [0.2, 0.25) is 0 Å². The lowest BCUT2D eigenvalue weighted by Crippen LogP contribution is -2.49. The number of hydrogen-bond acceptors (Lipinski definition) is 3. The van der Waals surface area contributed by atoms with E-state index in [4.69, 9.17) is 0 Å². The van der Waals surface area contributed by atoms with Crippen LogP contribution < -0.4 is 5.32 Å². The number of hydrogen-bond donors (Lipinski definition) is 1. The molecule has 4 heteroatoms. The van der Waals surface area contributed by atoms with E-state index in [0.717, 1.165) is 26.2 Å². The highest BCUT2D eigenvalue weighted by molar-refractivity contribution is 4.98. The normalized spacial score (nSPS) is 24.0. The second kappa shape index (κ2) is 4.11. The van der Waals surface area contributed by atoms with Crippen molar-refractivity contribution >= 4 is 0 Å². The molecular weight excluding hydrogens is 176 g/mol. The van der Waals surface area contributed by atoms with Crippen LogP contribution in [-0.2, 0) is 13.6 Å². The van der Waals surface area contributed by atoms with Crippen LogP contribution >= 0.6 is 0 Å². The molecule has 1 aromatic rings. The molecule has 0 amide bonds. The van der Waals surface area contributed by atoms with Gasteiger partial charge in [-0.1, -0.05) is 0 Å². The maximum Gasteiger partial charge on any atom is 0.0945 e. The van der Waals surface area contributed by atoms with Crippen molar-refractivity contribution in [2.24, 2.45) is 7.05 Å². The van der Waals surface area contributed by atoms with Crippen LogP contribution in [0.15, 0.2) is 12.5 Å². The molecule has 0 aromatic carbocycles. The number of piperazine rings is 1. The van der Waals surface area contributed by atoms with Crippen molar-refractivity contribution in [3.63, 3.8) is 0 Å². The summed E-state index contributed by atoms with van der Waals surface area (Å²) < 4.78 is 2.09. The summed E-state index contributed by atoms with van der Waals surface area (Å²) in [5, 5.41) is 3.39. The molecule has 2 heterocycles. The molecule has 78 valence electrons. The Bertz CT molecular complexity index is 294. The summed E-state index contributed by atoms with van der Waals surface area (Å²) in [6.45, 7) is 6.61. The van der Waals surface area contributed by atoms with Crippen LogP contribution in [0.3, 0.4) is 0 Å². The summed E-state index contributed by atoms with van der Waals surface area (Å²) in [5.74, 6) is 0. The zero-order chi connectivity index (χ0) is 9.97. The van der Waals surface area contributed by atoms with Crippen molar-refractivity contribution < 1.29 is 0 Å². The van der Waals surface area contributed by atoms with Gasteiger partial charge in [-0.3, -0.25) is 4.90 Å². The lowest BCUT2D eigenvalue weighted by Gasteiger charge is -2.33. The highest BCUT2D eigenvalue weighted by atomic mass is 15.2. The van der Waals surface area contributed by atoms with Gasteiger partial charge in [0.25, 0.3) is 0 Å². The van der Waals surface area contributed by atoms with Crippen LogP contribution in [0.4, 0.5) is 0 Å². The van der Waals surface area contributed by atoms with Crippen molar-refractivity contribution in [3.8, 4) is 0 Å². The van der Waals surface area contributed by atoms with E-state index in [-0.39, 0.29) is 0 Å². The van der Waals surface area contributed by atoms with E-state index in [0.29, 0.717) is 6.04 Å². The van der Waals surface area contributed by atoms with E-state index >= 15 is 0 Å². The minimum Gasteiger partial charge on any atom is -0.337 e. The minimum absolute atomic E-state index is 0.624. The van der Waals surface area contributed by atoms with Crippen LogP contribution in [-0.4, -0.2) is 40.1 Å². The van der Waals surface area contributed by atoms with Gasteiger partial charge in [0.15, 0.2) is 0 Å². The monoisotopic (exact) mass is 194 g/mol. The van der Waals surface area contributed by atoms with E-state index in [1.54, 1.807) is 0 Å². The minimum atomic E-state index is 0.624. The summed E-state index contributed by atoms with van der Waals surface area (Å²) in [4.78, 5) is 6.63. The largest absolute Gasteiger partial charge is 0.337 e. The smallest absolute Gasteiger partial charge is 0.0945 e. The van der Waals surface area contributed by atoms with Gasteiger partial charge < -0.3 is 9.88 Å². The zero-order valence-electron chi connectivity index (χ0n) is 8.90. The molecular formula is C10H18N4. The summed E-state index contributed by atoms with van der Waals surface area (Å²) in [6, 6.07) is 0.624. The number of aryl methyl sites for hydroxylation is 1. The highest BCUT2D eigenvalue weighted by Gasteiger charge is 2.18. The van der Waals surface area contributed by atoms with Crippen LogP contribution in [0.1, 0.15) is 12.6 Å². The van der Waals surface area contributed by atoms with Gasteiger partial charge in [-0.2, -0.15) is 0 Å². The standard InChI is InChI=1S/C10H18N4/c1-9-5-11-3-4-14(9)7-10-6-12-8-13(10)2/h6,8-9,11H,3-5,7H2,1-2H3/t9-/m1/s1. The summed E-state index contributed by atoms with van der Waals surface area (Å²) in [7, 11) is 2.05. The number of rotatable bonds is 2. The van der Waals surface area contributed by atoms with Crippen molar-refractivity contribution in [2.75, 3.05) is 19.6 Å². The van der Waals surface area contributed by atoms with Crippen molar-refractivity contribution in [1.82, 2.24) is 19.8 Å². The second-order valence-corrected chi connectivity index (χ2v) is 4.02. The van der Waals surface area contributed by atoms with Gasteiger partial charge in [-0.05, 0) is 6.92 Å². The first-order valence-corrected chi connectivity index (χ1v) is 5.17. The maximum atomic E-state index is 4.13. The fraction of sp³-hybridized carbons (Fsp3) is 0.700. The van der Waals surface area contributed by atoms with Gasteiger partial charge in [0.05, 0.1) is 12.0 Å². The van der Waals surface area contributed by atoms with Gasteiger partial charge in [-0.25, -0.2) is 4.98 Å². The van der Waals surface area contributed by atoms with Gasteiger partial charge >= 0.3 is 0 Å². The molecule has 1 aliphatic heterocycles. The predicted octanol–water partition coefficient (Wildman–Crippen LogP) is 0.214. The first-order chi connectivity index (χ1) is 6.77. The van der Waals surface area contributed by atoms with Crippen molar-refractivity contribution in [3.05, 3.63) is 18.2 Å². The van der Waals surface area contributed by atoms with E-state index < -0.39 is 0 Å². The zero-order valence-corrected chi connectivity index (χ0v) is 8.90. The molecule has 0 unspecified atom stereocenters. The molecule has 1 fully saturated rings. The summed E-state index contributed by atoms with van der Waals surface area (Å²) in [6.07, 6.45) is 3.82. The molecule has 14 heavy (non-hydrogen) atoms. The molecule has 1 aromatic heterocycles. The maximum absolute atomic E-state index is 4.13. The topological polar surface area (TPSA) is 33.1 Å². The Morgan fingerprint density at radius 2 is 2.50 bits per heavy atom. The molecule has 4 nitrogen and oxygen atoms in total. The molecule has 0 bridgehead atoms. The average Bonchev–Trinajstić information content (AvgIpc) is 2.56. The van der Waals surface area contributed by atoms with E-state index in [1.807, 2.05) is 12.5 Å². The molecule has 0 aliphatic carbocycles. The number of nitrogens with one attached hydrogen (secondary N) is 1. The third-order valence-electron chi connectivity index (χ3n) is 2.92. The lowest BCUT2D eigenvalue weighted by atomic mass is 10.2. The Kier molecular flexibility index (Phi) is 2.84. The molecule has 1 aliphatic rings. The molecule has 1 saturated heterocycles. The van der Waals surface area contributed by atoms with Gasteiger partial charge in [-0.15, -0.1) is 0 Å². The molecule has 1 N–H and O–H groups in total. The molecule has 0 spiro atoms. The third-order valence-corrected chi connectivity index (χ3v) is 2.92. The van der Waals surface area contributed by atoms with Crippen molar-refractivity contribution in [2.45, 2.75) is 19.5 Å². The molecule has 1 atom stereocenters. The lowest BCUT2D eigenvalue weighted by molar-refractivity contribution is 0.162. The molecule has 0 radical (unpaired) electrons. The first-order valence-electron chi connectivity index (χ1n) is 5.17. The van der Waals surface area contributed by atoms with Crippen LogP contribution in [0.2, 0.25) is 0 Å². The summed E-state index contributed by atoms with van der Waals surface area (Å²) in [5.41, 5.74) is 1.29. The van der Waals surface area contributed by atoms with Crippen LogP contribution in [0, 0.1) is 0 Å². The van der Waals surface area contributed by atoms with Crippen molar-refractivity contribution in [1.29, 1.82) is 0 Å². The Hall–Kier alpha value is -0.870. The quantitative estimate of drug-likeness (QED) is 0.731. The van der Waals surface area contributed by atoms with Crippen LogP contribution in [0.25, 0.3) is 0 Å². The van der Waals surface area contributed by atoms with Gasteiger partial charge in [0, 0.05) is 45.5 Å². The first kappa shape index (κ1) is 9.68. The Balaban J connectivity index is 1.99. The number of imidazole rings is 1. The van der Waals surface area contributed by atoms with E-state index in [1.165, 1.54) is 5.69 Å². The SMILES string of the molecule is C[C@@H]1CNCCN1Cc1cncn1C. The fourth-order valence-electron chi connectivity index (χ4n) is 1.86. The van der Waals surface area contributed by atoms with Crippen LogP contribution in [0.5, 0.6) is 0 Å². The Labute approximate surface area is 84.9 Å². The number of nitrogens with zero attached hydrogens (tertiary/aromatic N) is 3. The number of aromatic nitrogens is 2. The Morgan fingerprint density at radius 3 is 3.14 bits per heavy atom. The second-order valence-electron chi connectivity index (χ2n) is 4.02.